The lowest BCUT2D eigenvalue weighted by atomic mass is 9.44. The molecule has 3 saturated carbocycles. The number of cyclic esters (lactones) is 2. The molecule has 0 aromatic heterocycles. The van der Waals surface area contributed by atoms with Gasteiger partial charge in [-0.15, -0.1) is 0 Å². The second-order valence-electron chi connectivity index (χ2n) is 15.6. The van der Waals surface area contributed by atoms with E-state index in [4.69, 9.17) is 23.7 Å². The lowest BCUT2D eigenvalue weighted by molar-refractivity contribution is -0.182. The van der Waals surface area contributed by atoms with Crippen LogP contribution in [0.2, 0.25) is 0 Å². The summed E-state index contributed by atoms with van der Waals surface area (Å²) in [5.74, 6) is -0.812. The number of rotatable bonds is 4. The number of hydrogen-bond donors (Lipinski definition) is 0. The molecule has 11 atom stereocenters. The average Bonchev–Trinajstić information content (AvgIpc) is 3.66. The van der Waals surface area contributed by atoms with Crippen LogP contribution in [-0.2, 0) is 47.7 Å². The monoisotopic (exact) mass is 664 g/mol. The van der Waals surface area contributed by atoms with Gasteiger partial charge in [0.15, 0.2) is 17.5 Å². The number of carbonyl (C=O) groups is 5. The van der Waals surface area contributed by atoms with Crippen LogP contribution >= 0.6 is 0 Å². The van der Waals surface area contributed by atoms with Gasteiger partial charge in [-0.25, -0.2) is 4.79 Å². The van der Waals surface area contributed by atoms with Crippen molar-refractivity contribution in [3.05, 3.63) is 35.5 Å². The predicted molar refractivity (Wildman–Crippen MR) is 171 cm³/mol. The van der Waals surface area contributed by atoms with Crippen LogP contribution < -0.4 is 0 Å². The normalized spacial score (nSPS) is 43.6. The molecule has 7 aliphatic rings. The fourth-order valence-electron chi connectivity index (χ4n) is 11.1. The van der Waals surface area contributed by atoms with Gasteiger partial charge < -0.3 is 23.7 Å². The van der Waals surface area contributed by atoms with Crippen molar-refractivity contribution in [2.45, 2.75) is 116 Å². The Kier molecular flexibility index (Phi) is 8.48. The molecule has 3 aliphatic heterocycles. The van der Waals surface area contributed by atoms with E-state index in [1.54, 1.807) is 12.2 Å². The Morgan fingerprint density at radius 3 is 2.50 bits per heavy atom. The lowest BCUT2D eigenvalue weighted by Crippen LogP contribution is -2.67. The van der Waals surface area contributed by atoms with Gasteiger partial charge in [-0.3, -0.25) is 19.2 Å². The summed E-state index contributed by atoms with van der Waals surface area (Å²) in [7, 11) is 0. The van der Waals surface area contributed by atoms with E-state index in [1.807, 2.05) is 19.1 Å². The summed E-state index contributed by atoms with van der Waals surface area (Å²) in [6.45, 7) is 7.67. The zero-order valence-electron chi connectivity index (χ0n) is 28.5. The minimum Gasteiger partial charge on any atom is -0.464 e. The molecular weight excluding hydrogens is 616 g/mol. The Morgan fingerprint density at radius 2 is 1.77 bits per heavy atom. The van der Waals surface area contributed by atoms with E-state index in [2.05, 4.69) is 13.8 Å². The van der Waals surface area contributed by atoms with Crippen molar-refractivity contribution in [3.63, 3.8) is 0 Å². The molecule has 4 fully saturated rings. The van der Waals surface area contributed by atoms with E-state index in [9.17, 15) is 24.0 Å². The highest BCUT2D eigenvalue weighted by molar-refractivity contribution is 5.99. The summed E-state index contributed by atoms with van der Waals surface area (Å²) < 4.78 is 29.8. The quantitative estimate of drug-likeness (QED) is 0.172. The largest absolute Gasteiger partial charge is 0.464 e. The summed E-state index contributed by atoms with van der Waals surface area (Å²) in [4.78, 5) is 64.7. The van der Waals surface area contributed by atoms with Crippen LogP contribution in [0.5, 0.6) is 0 Å². The predicted octanol–water partition coefficient (Wildman–Crippen LogP) is 5.13. The fraction of sp³-hybridized carbons (Fsp3) is 0.711. The molecule has 1 spiro atoms. The highest BCUT2D eigenvalue weighted by Crippen LogP contribution is 2.73. The number of epoxide rings is 1. The summed E-state index contributed by atoms with van der Waals surface area (Å²) in [5.41, 5.74) is -0.869. The molecule has 4 aliphatic carbocycles. The number of ketones is 1. The Morgan fingerprint density at radius 1 is 1.02 bits per heavy atom. The third-order valence-corrected chi connectivity index (χ3v) is 13.5. The first-order valence-corrected chi connectivity index (χ1v) is 17.9. The van der Waals surface area contributed by atoms with E-state index in [1.165, 1.54) is 6.92 Å². The van der Waals surface area contributed by atoms with E-state index < -0.39 is 29.1 Å². The zero-order chi connectivity index (χ0) is 34.0. The number of esters is 4. The van der Waals surface area contributed by atoms with E-state index >= 15 is 0 Å². The first-order valence-electron chi connectivity index (χ1n) is 17.9. The average molecular weight is 665 g/mol. The number of carbonyl (C=O) groups excluding carboxylic acids is 5. The molecule has 10 nitrogen and oxygen atoms in total. The van der Waals surface area contributed by atoms with Gasteiger partial charge in [-0.1, -0.05) is 31.6 Å². The highest BCUT2D eigenvalue weighted by atomic mass is 16.7. The molecule has 3 heterocycles. The minimum absolute atomic E-state index is 0.0435. The minimum atomic E-state index is -1.12. The SMILES string of the molecule is CC(=O)OCC1=C(C)C[C@H]([C@@H](C)[C@H]2CC[C@H]3[C@@H]4C[C@H]5O[C@]56[C@@H]5C=CC(=O)[C@]6(COC(=O)CC/C=C/CCC(=O)O5)[C@H]4CC[C@]23C)OC1=O. The maximum atomic E-state index is 14.3. The molecule has 2 bridgehead atoms. The maximum Gasteiger partial charge on any atom is 0.337 e. The van der Waals surface area contributed by atoms with Crippen molar-refractivity contribution >= 4 is 29.7 Å². The molecule has 1 saturated heterocycles. The van der Waals surface area contributed by atoms with E-state index in [0.29, 0.717) is 36.7 Å². The lowest BCUT2D eigenvalue weighted by Gasteiger charge is -2.59. The molecule has 10 heteroatoms. The Bertz CT molecular complexity index is 1490. The summed E-state index contributed by atoms with van der Waals surface area (Å²) in [6.07, 6.45) is 12.2. The standard InChI is InChI=1S/C38H48O10/c1-21-17-29(46-35(43)25(21)19-44-23(3)39)22(2)26-11-12-27-24-18-32-38(48-32)31-14-13-30(40)37(38,28(24)15-16-36(26,27)4)20-45-33(41)9-7-5-6-8-10-34(42)47-31/h5-6,13-14,22,24,26-29,31-32H,7-12,15-20H2,1-4H3/b6-5+/t22-,24-,26+,27-,28-,29+,31-,32+,36+,37-,38+/m0/s1. The summed E-state index contributed by atoms with van der Waals surface area (Å²) in [5, 5.41) is 0. The first-order chi connectivity index (χ1) is 22.9. The van der Waals surface area contributed by atoms with Gasteiger partial charge in [-0.05, 0) is 99.0 Å². The Hall–Kier alpha value is -3.27. The molecule has 0 unspecified atom stereocenters. The van der Waals surface area contributed by atoms with Crippen molar-refractivity contribution in [1.82, 2.24) is 0 Å². The number of hydrogen-bond acceptors (Lipinski definition) is 10. The van der Waals surface area contributed by atoms with Crippen LogP contribution in [-0.4, -0.2) is 66.8 Å². The maximum absolute atomic E-state index is 14.3. The van der Waals surface area contributed by atoms with E-state index in [0.717, 1.165) is 37.7 Å². The first kappa shape index (κ1) is 33.2. The van der Waals surface area contributed by atoms with Crippen LogP contribution in [0.25, 0.3) is 0 Å². The number of fused-ring (bicyclic) bond motifs is 3. The number of allylic oxidation sites excluding steroid dienone is 3. The zero-order valence-corrected chi connectivity index (χ0v) is 28.5. The Balaban J connectivity index is 1.16. The van der Waals surface area contributed by atoms with Crippen molar-refractivity contribution in [2.24, 2.45) is 40.4 Å². The summed E-state index contributed by atoms with van der Waals surface area (Å²) in [6, 6.07) is 0. The third kappa shape index (κ3) is 5.11. The molecule has 260 valence electrons. The molecule has 0 N–H and O–H groups in total. The van der Waals surface area contributed by atoms with Crippen LogP contribution in [0.4, 0.5) is 0 Å². The van der Waals surface area contributed by atoms with Crippen molar-refractivity contribution < 1.29 is 47.7 Å². The molecular formula is C38H48O10. The second kappa shape index (κ2) is 12.3. The van der Waals surface area contributed by atoms with Crippen LogP contribution in [0.3, 0.4) is 0 Å². The summed E-state index contributed by atoms with van der Waals surface area (Å²) >= 11 is 0. The van der Waals surface area contributed by atoms with Gasteiger partial charge in [0.25, 0.3) is 0 Å². The molecule has 0 aromatic carbocycles. The molecule has 7 rings (SSSR count). The van der Waals surface area contributed by atoms with Gasteiger partial charge in [0.1, 0.15) is 24.7 Å². The van der Waals surface area contributed by atoms with Gasteiger partial charge in [0.05, 0.1) is 11.7 Å². The van der Waals surface area contributed by atoms with Crippen LogP contribution in [0.1, 0.15) is 91.9 Å². The van der Waals surface area contributed by atoms with Gasteiger partial charge in [-0.2, -0.15) is 0 Å². The topological polar surface area (TPSA) is 135 Å². The molecule has 0 radical (unpaired) electrons. The second-order valence-corrected chi connectivity index (χ2v) is 15.6. The Labute approximate surface area is 282 Å². The van der Waals surface area contributed by atoms with Crippen molar-refractivity contribution in [1.29, 1.82) is 0 Å². The van der Waals surface area contributed by atoms with Gasteiger partial charge in [0, 0.05) is 26.2 Å². The number of ether oxygens (including phenoxy) is 5. The van der Waals surface area contributed by atoms with E-state index in [-0.39, 0.29) is 79.2 Å². The van der Waals surface area contributed by atoms with Crippen LogP contribution in [0, 0.1) is 40.4 Å². The third-order valence-electron chi connectivity index (χ3n) is 13.5. The van der Waals surface area contributed by atoms with Crippen molar-refractivity contribution in [3.8, 4) is 0 Å². The van der Waals surface area contributed by atoms with Crippen LogP contribution in [0.15, 0.2) is 35.5 Å². The fourth-order valence-corrected chi connectivity index (χ4v) is 11.1. The molecule has 0 aromatic rings. The molecule has 0 amide bonds. The smallest absolute Gasteiger partial charge is 0.337 e. The van der Waals surface area contributed by atoms with Crippen molar-refractivity contribution in [2.75, 3.05) is 13.2 Å². The van der Waals surface area contributed by atoms with Gasteiger partial charge in [0.2, 0.25) is 0 Å². The highest BCUT2D eigenvalue weighted by Gasteiger charge is 2.83. The molecule has 48 heavy (non-hydrogen) atoms. The van der Waals surface area contributed by atoms with Gasteiger partial charge >= 0.3 is 23.9 Å².